The number of methoxy groups -OCH3 is 1. The topological polar surface area (TPSA) is 96.6 Å². The number of hydrogen-bond donors (Lipinski definition) is 2. The molecular formula is C20H23F3N4O4. The first-order chi connectivity index (χ1) is 14.6. The van der Waals surface area contributed by atoms with E-state index in [1.54, 1.807) is 19.9 Å². The number of nitrogens with zero attached hydrogens (tertiary/aromatic N) is 2. The lowest BCUT2D eigenvalue weighted by molar-refractivity contribution is -0.275. The van der Waals surface area contributed by atoms with E-state index in [4.69, 9.17) is 4.74 Å². The fraction of sp³-hybridized carbons (Fsp3) is 0.450. The van der Waals surface area contributed by atoms with Gasteiger partial charge in [0.05, 0.1) is 19.1 Å². The van der Waals surface area contributed by atoms with Gasteiger partial charge in [0.15, 0.2) is 0 Å². The number of ether oxygens (including phenoxy) is 2. The smallest absolute Gasteiger partial charge is 0.467 e. The standard InChI is InChI=1S/C20H23F3N4O4/c1-11(2)15(18(28)30-3)26-19(29)27-9-8-13-16(25-10-24-13)17(27)12-6-4-5-7-14(12)31-20(21,22)23/h4-7,10-11,15,17H,8-9H2,1-3H3,(H,24,25)(H,26,29)/t15-,17-/m1/s1. The molecule has 0 bridgehead atoms. The van der Waals surface area contributed by atoms with Crippen molar-refractivity contribution in [3.05, 3.63) is 47.5 Å². The number of carbonyl (C=O) groups excluding carboxylic acids is 2. The normalized spacial score (nSPS) is 17.1. The molecule has 1 aromatic carbocycles. The molecule has 11 heteroatoms. The quantitative estimate of drug-likeness (QED) is 0.697. The highest BCUT2D eigenvalue weighted by Gasteiger charge is 2.39. The number of fused-ring (bicyclic) bond motifs is 1. The molecule has 2 amide bonds. The number of amides is 2. The zero-order chi connectivity index (χ0) is 22.8. The van der Waals surface area contributed by atoms with Crippen LogP contribution in [-0.4, -0.2) is 52.9 Å². The summed E-state index contributed by atoms with van der Waals surface area (Å²) in [6, 6.07) is 3.13. The van der Waals surface area contributed by atoms with Gasteiger partial charge in [-0.1, -0.05) is 32.0 Å². The summed E-state index contributed by atoms with van der Waals surface area (Å²) in [6.45, 7) is 3.68. The van der Waals surface area contributed by atoms with Gasteiger partial charge < -0.3 is 24.7 Å². The highest BCUT2D eigenvalue weighted by atomic mass is 19.4. The summed E-state index contributed by atoms with van der Waals surface area (Å²) in [4.78, 5) is 33.8. The van der Waals surface area contributed by atoms with Gasteiger partial charge in [-0.15, -0.1) is 13.2 Å². The van der Waals surface area contributed by atoms with Gasteiger partial charge in [0.25, 0.3) is 0 Å². The Morgan fingerprint density at radius 1 is 1.29 bits per heavy atom. The third-order valence-corrected chi connectivity index (χ3v) is 5.03. The van der Waals surface area contributed by atoms with Crippen molar-refractivity contribution in [2.75, 3.05) is 13.7 Å². The second-order valence-electron chi connectivity index (χ2n) is 7.39. The molecule has 0 unspecified atom stereocenters. The molecule has 0 radical (unpaired) electrons. The molecule has 31 heavy (non-hydrogen) atoms. The Morgan fingerprint density at radius 2 is 2.00 bits per heavy atom. The number of para-hydroxylation sites is 1. The Kier molecular flexibility index (Phi) is 6.42. The van der Waals surface area contributed by atoms with Crippen LogP contribution in [0.4, 0.5) is 18.0 Å². The number of benzene rings is 1. The van der Waals surface area contributed by atoms with Crippen molar-refractivity contribution in [3.8, 4) is 5.75 Å². The van der Waals surface area contributed by atoms with Crippen molar-refractivity contribution in [2.24, 2.45) is 5.92 Å². The molecule has 3 rings (SSSR count). The third kappa shape index (κ3) is 4.92. The van der Waals surface area contributed by atoms with Crippen LogP contribution in [0.3, 0.4) is 0 Å². The zero-order valence-corrected chi connectivity index (χ0v) is 17.2. The van der Waals surface area contributed by atoms with Gasteiger partial charge in [0.2, 0.25) is 0 Å². The number of aromatic amines is 1. The molecule has 2 heterocycles. The van der Waals surface area contributed by atoms with Gasteiger partial charge in [-0.05, 0) is 12.0 Å². The molecule has 1 aliphatic rings. The number of carbonyl (C=O) groups is 2. The summed E-state index contributed by atoms with van der Waals surface area (Å²) >= 11 is 0. The number of nitrogens with one attached hydrogen (secondary N) is 2. The number of esters is 1. The van der Waals surface area contributed by atoms with Crippen molar-refractivity contribution in [1.82, 2.24) is 20.2 Å². The van der Waals surface area contributed by atoms with E-state index in [1.165, 1.54) is 36.5 Å². The van der Waals surface area contributed by atoms with Crippen molar-refractivity contribution >= 4 is 12.0 Å². The van der Waals surface area contributed by atoms with Crippen molar-refractivity contribution < 1.29 is 32.2 Å². The second-order valence-corrected chi connectivity index (χ2v) is 7.39. The largest absolute Gasteiger partial charge is 0.573 e. The lowest BCUT2D eigenvalue weighted by atomic mass is 9.95. The summed E-state index contributed by atoms with van der Waals surface area (Å²) in [5.74, 6) is -1.30. The van der Waals surface area contributed by atoms with Crippen molar-refractivity contribution in [1.29, 1.82) is 0 Å². The Bertz CT molecular complexity index is 945. The molecule has 0 aliphatic carbocycles. The van der Waals surface area contributed by atoms with E-state index in [1.807, 2.05) is 0 Å². The maximum Gasteiger partial charge on any atom is 0.573 e. The molecule has 2 atom stereocenters. The summed E-state index contributed by atoms with van der Waals surface area (Å²) in [7, 11) is 1.22. The van der Waals surface area contributed by atoms with Crippen LogP contribution in [-0.2, 0) is 16.0 Å². The SMILES string of the molecule is COC(=O)[C@H](NC(=O)N1CCc2[nH]cnc2[C@H]1c1ccccc1OC(F)(F)F)C(C)C. The number of hydrogen-bond acceptors (Lipinski definition) is 5. The van der Waals surface area contributed by atoms with Crippen LogP contribution in [0.25, 0.3) is 0 Å². The lowest BCUT2D eigenvalue weighted by Gasteiger charge is -2.37. The minimum atomic E-state index is -4.90. The zero-order valence-electron chi connectivity index (χ0n) is 17.2. The molecule has 1 aliphatic heterocycles. The van der Waals surface area contributed by atoms with Gasteiger partial charge in [-0.2, -0.15) is 0 Å². The van der Waals surface area contributed by atoms with Crippen LogP contribution < -0.4 is 10.1 Å². The van der Waals surface area contributed by atoms with Gasteiger partial charge >= 0.3 is 18.4 Å². The van der Waals surface area contributed by atoms with E-state index >= 15 is 0 Å². The Hall–Kier alpha value is -3.24. The van der Waals surface area contributed by atoms with E-state index in [0.29, 0.717) is 17.8 Å². The van der Waals surface area contributed by atoms with Crippen LogP contribution in [0.2, 0.25) is 0 Å². The predicted octanol–water partition coefficient (Wildman–Crippen LogP) is 3.16. The molecule has 1 aromatic heterocycles. The number of urea groups is 1. The molecule has 2 aromatic rings. The maximum absolute atomic E-state index is 13.2. The predicted molar refractivity (Wildman–Crippen MR) is 103 cm³/mol. The molecule has 0 fully saturated rings. The highest BCUT2D eigenvalue weighted by molar-refractivity contribution is 5.84. The first-order valence-corrected chi connectivity index (χ1v) is 9.64. The number of rotatable bonds is 5. The van der Waals surface area contributed by atoms with E-state index in [-0.39, 0.29) is 18.0 Å². The van der Waals surface area contributed by atoms with Crippen molar-refractivity contribution in [2.45, 2.75) is 38.7 Å². The lowest BCUT2D eigenvalue weighted by Crippen LogP contribution is -2.53. The van der Waals surface area contributed by atoms with Gasteiger partial charge in [-0.25, -0.2) is 14.6 Å². The summed E-state index contributed by atoms with van der Waals surface area (Å²) < 4.78 is 47.9. The highest BCUT2D eigenvalue weighted by Crippen LogP contribution is 2.39. The van der Waals surface area contributed by atoms with Gasteiger partial charge in [0, 0.05) is 24.2 Å². The number of halogens is 3. The van der Waals surface area contributed by atoms with Crippen molar-refractivity contribution in [3.63, 3.8) is 0 Å². The van der Waals surface area contributed by atoms with Gasteiger partial charge in [0.1, 0.15) is 17.8 Å². The molecular weight excluding hydrogens is 417 g/mol. The van der Waals surface area contributed by atoms with Crippen LogP contribution in [0.5, 0.6) is 5.75 Å². The number of aromatic nitrogens is 2. The molecule has 0 saturated carbocycles. The Morgan fingerprint density at radius 3 is 2.65 bits per heavy atom. The number of alkyl halides is 3. The first-order valence-electron chi connectivity index (χ1n) is 9.64. The average Bonchev–Trinajstić information content (AvgIpc) is 3.18. The molecule has 8 nitrogen and oxygen atoms in total. The summed E-state index contributed by atoms with van der Waals surface area (Å²) in [6.07, 6.45) is -3.05. The minimum absolute atomic E-state index is 0.127. The molecule has 0 spiro atoms. The summed E-state index contributed by atoms with van der Waals surface area (Å²) in [5, 5.41) is 2.64. The molecule has 0 saturated heterocycles. The number of H-pyrrole nitrogens is 1. The number of imidazole rings is 1. The van der Waals surface area contributed by atoms with E-state index in [9.17, 15) is 22.8 Å². The van der Waals surface area contributed by atoms with Crippen LogP contribution >= 0.6 is 0 Å². The van der Waals surface area contributed by atoms with Crippen LogP contribution in [0.1, 0.15) is 36.8 Å². The Labute approximate surface area is 176 Å². The minimum Gasteiger partial charge on any atom is -0.467 e. The maximum atomic E-state index is 13.2. The van der Waals surface area contributed by atoms with Crippen LogP contribution in [0, 0.1) is 5.92 Å². The first kappa shape index (κ1) is 22.4. The Balaban J connectivity index is 2.00. The molecule has 168 valence electrons. The van der Waals surface area contributed by atoms with E-state index < -0.39 is 36.2 Å². The summed E-state index contributed by atoms with van der Waals surface area (Å²) in [5.41, 5.74) is 1.25. The van der Waals surface area contributed by atoms with Gasteiger partial charge in [-0.3, -0.25) is 0 Å². The third-order valence-electron chi connectivity index (χ3n) is 5.03. The van der Waals surface area contributed by atoms with E-state index in [2.05, 4.69) is 20.0 Å². The monoisotopic (exact) mass is 440 g/mol. The average molecular weight is 440 g/mol. The second kappa shape index (κ2) is 8.86. The van der Waals surface area contributed by atoms with E-state index in [0.717, 1.165) is 0 Å². The molecule has 2 N–H and O–H groups in total. The fourth-order valence-corrected chi connectivity index (χ4v) is 3.58. The fourth-order valence-electron chi connectivity index (χ4n) is 3.58. The van der Waals surface area contributed by atoms with Crippen LogP contribution in [0.15, 0.2) is 30.6 Å².